The first-order chi connectivity index (χ1) is 11.8. The summed E-state index contributed by atoms with van der Waals surface area (Å²) in [6.07, 6.45) is 1.96. The minimum atomic E-state index is -3.13. The maximum absolute atomic E-state index is 11.6. The number of nitrogens with zero attached hydrogens (tertiary/aromatic N) is 3. The van der Waals surface area contributed by atoms with Gasteiger partial charge < -0.3 is 15.0 Å². The summed E-state index contributed by atoms with van der Waals surface area (Å²) in [5.41, 5.74) is 1.15. The zero-order valence-electron chi connectivity index (χ0n) is 15.8. The summed E-state index contributed by atoms with van der Waals surface area (Å²) in [5, 5.41) is 3.27. The van der Waals surface area contributed by atoms with Crippen molar-refractivity contribution in [2.45, 2.75) is 19.9 Å². The second kappa shape index (κ2) is 10.2. The molecule has 0 atom stereocenters. The standard InChI is InChI=1S/C17H30N4O3S/c1-6-21(25(5,22)23)13-7-12-19-17(18-2)20(3)14-15-8-10-16(24-4)11-9-15/h8-11H,6-7,12-14H2,1-5H3,(H,18,19). The van der Waals surface area contributed by atoms with Gasteiger partial charge in [0.15, 0.2) is 5.96 Å². The number of hydrogen-bond donors (Lipinski definition) is 1. The third kappa shape index (κ3) is 7.31. The third-order valence-corrected chi connectivity index (χ3v) is 5.22. The van der Waals surface area contributed by atoms with Crippen LogP contribution < -0.4 is 10.1 Å². The van der Waals surface area contributed by atoms with E-state index in [1.807, 2.05) is 43.1 Å². The second-order valence-corrected chi connectivity index (χ2v) is 7.77. The summed E-state index contributed by atoms with van der Waals surface area (Å²) in [7, 11) is 2.22. The lowest BCUT2D eigenvalue weighted by atomic mass is 10.2. The van der Waals surface area contributed by atoms with Crippen LogP contribution in [-0.2, 0) is 16.6 Å². The molecule has 142 valence electrons. The van der Waals surface area contributed by atoms with Gasteiger partial charge in [-0.15, -0.1) is 0 Å². The topological polar surface area (TPSA) is 74.2 Å². The van der Waals surface area contributed by atoms with Crippen molar-refractivity contribution in [1.82, 2.24) is 14.5 Å². The highest BCUT2D eigenvalue weighted by Gasteiger charge is 2.13. The van der Waals surface area contributed by atoms with Crippen molar-refractivity contribution in [3.05, 3.63) is 29.8 Å². The van der Waals surface area contributed by atoms with Gasteiger partial charge in [0, 0.05) is 40.3 Å². The van der Waals surface area contributed by atoms with Crippen molar-refractivity contribution in [2.75, 3.05) is 47.1 Å². The van der Waals surface area contributed by atoms with Crippen molar-refractivity contribution >= 4 is 16.0 Å². The molecule has 8 heteroatoms. The molecular weight excluding hydrogens is 340 g/mol. The molecule has 0 radical (unpaired) electrons. The van der Waals surface area contributed by atoms with Crippen LogP contribution in [0, 0.1) is 0 Å². The molecule has 0 aliphatic rings. The number of rotatable bonds is 9. The number of benzene rings is 1. The SMILES string of the molecule is CCN(CCCNC(=NC)N(C)Cc1ccc(OC)cc1)S(C)(=O)=O. The van der Waals surface area contributed by atoms with Gasteiger partial charge in [0.05, 0.1) is 13.4 Å². The Morgan fingerprint density at radius 3 is 2.40 bits per heavy atom. The number of guanidine groups is 1. The van der Waals surface area contributed by atoms with Gasteiger partial charge in [-0.2, -0.15) is 0 Å². The number of sulfonamides is 1. The summed E-state index contributed by atoms with van der Waals surface area (Å²) >= 11 is 0. The van der Waals surface area contributed by atoms with Gasteiger partial charge >= 0.3 is 0 Å². The lowest BCUT2D eigenvalue weighted by molar-refractivity contribution is 0.413. The lowest BCUT2D eigenvalue weighted by Crippen LogP contribution is -2.40. The first kappa shape index (κ1) is 21.2. The van der Waals surface area contributed by atoms with Gasteiger partial charge in [0.2, 0.25) is 10.0 Å². The smallest absolute Gasteiger partial charge is 0.211 e. The first-order valence-corrected chi connectivity index (χ1v) is 10.2. The van der Waals surface area contributed by atoms with E-state index in [2.05, 4.69) is 10.3 Å². The molecule has 1 rings (SSSR count). The van der Waals surface area contributed by atoms with E-state index in [9.17, 15) is 8.42 Å². The van der Waals surface area contributed by atoms with Crippen LogP contribution in [0.1, 0.15) is 18.9 Å². The fourth-order valence-electron chi connectivity index (χ4n) is 2.48. The molecule has 1 aromatic carbocycles. The average molecular weight is 371 g/mol. The summed E-state index contributed by atoms with van der Waals surface area (Å²) < 4.78 is 29.8. The van der Waals surface area contributed by atoms with Crippen molar-refractivity contribution < 1.29 is 13.2 Å². The molecule has 0 saturated heterocycles. The molecule has 0 bridgehead atoms. The summed E-state index contributed by atoms with van der Waals surface area (Å²) in [6.45, 7) is 4.21. The van der Waals surface area contributed by atoms with E-state index >= 15 is 0 Å². The van der Waals surface area contributed by atoms with Crippen LogP contribution in [0.5, 0.6) is 5.75 Å². The minimum Gasteiger partial charge on any atom is -0.497 e. The number of hydrogen-bond acceptors (Lipinski definition) is 4. The Bertz CT molecular complexity index is 644. The van der Waals surface area contributed by atoms with E-state index in [-0.39, 0.29) is 0 Å². The van der Waals surface area contributed by atoms with E-state index in [0.29, 0.717) is 26.2 Å². The molecule has 0 amide bonds. The van der Waals surface area contributed by atoms with Crippen LogP contribution in [-0.4, -0.2) is 70.7 Å². The largest absolute Gasteiger partial charge is 0.497 e. The van der Waals surface area contributed by atoms with Crippen LogP contribution in [0.25, 0.3) is 0 Å². The number of methoxy groups -OCH3 is 1. The Labute approximate surface area is 151 Å². The zero-order valence-corrected chi connectivity index (χ0v) is 16.6. The van der Waals surface area contributed by atoms with E-state index in [0.717, 1.165) is 23.7 Å². The Morgan fingerprint density at radius 1 is 1.28 bits per heavy atom. The van der Waals surface area contributed by atoms with Crippen molar-refractivity contribution in [1.29, 1.82) is 0 Å². The normalized spacial score (nSPS) is 12.3. The molecule has 0 fully saturated rings. The number of ether oxygens (including phenoxy) is 1. The minimum absolute atomic E-state index is 0.491. The molecule has 0 aromatic heterocycles. The molecule has 7 nitrogen and oxygen atoms in total. The predicted octanol–water partition coefficient (Wildman–Crippen LogP) is 1.37. The van der Waals surface area contributed by atoms with E-state index in [4.69, 9.17) is 4.74 Å². The van der Waals surface area contributed by atoms with E-state index in [1.165, 1.54) is 10.6 Å². The first-order valence-electron chi connectivity index (χ1n) is 8.31. The second-order valence-electron chi connectivity index (χ2n) is 5.79. The monoisotopic (exact) mass is 370 g/mol. The fourth-order valence-corrected chi connectivity index (χ4v) is 3.41. The Morgan fingerprint density at radius 2 is 1.92 bits per heavy atom. The zero-order chi connectivity index (χ0) is 18.9. The molecular formula is C17H30N4O3S. The van der Waals surface area contributed by atoms with Gasteiger partial charge in [-0.1, -0.05) is 19.1 Å². The van der Waals surface area contributed by atoms with Gasteiger partial charge in [-0.25, -0.2) is 12.7 Å². The maximum Gasteiger partial charge on any atom is 0.211 e. The van der Waals surface area contributed by atoms with Crippen molar-refractivity contribution in [2.24, 2.45) is 4.99 Å². The van der Waals surface area contributed by atoms with Crippen molar-refractivity contribution in [3.63, 3.8) is 0 Å². The number of nitrogens with one attached hydrogen (secondary N) is 1. The van der Waals surface area contributed by atoms with Crippen molar-refractivity contribution in [3.8, 4) is 5.75 Å². The van der Waals surface area contributed by atoms with Gasteiger partial charge in [-0.3, -0.25) is 4.99 Å². The van der Waals surface area contributed by atoms with Gasteiger partial charge in [-0.05, 0) is 24.1 Å². The van der Waals surface area contributed by atoms with E-state index in [1.54, 1.807) is 14.2 Å². The molecule has 0 unspecified atom stereocenters. The molecule has 0 aliphatic heterocycles. The predicted molar refractivity (Wildman–Crippen MR) is 103 cm³/mol. The summed E-state index contributed by atoms with van der Waals surface area (Å²) in [6, 6.07) is 7.91. The quantitative estimate of drug-likeness (QED) is 0.404. The Hall–Kier alpha value is -1.80. The Balaban J connectivity index is 2.47. The van der Waals surface area contributed by atoms with Crippen LogP contribution >= 0.6 is 0 Å². The van der Waals surface area contributed by atoms with Crippen LogP contribution in [0.2, 0.25) is 0 Å². The molecule has 0 heterocycles. The molecule has 1 aromatic rings. The van der Waals surface area contributed by atoms with Crippen LogP contribution in [0.15, 0.2) is 29.3 Å². The molecule has 0 spiro atoms. The highest BCUT2D eigenvalue weighted by Crippen LogP contribution is 2.12. The average Bonchev–Trinajstić information content (AvgIpc) is 2.57. The van der Waals surface area contributed by atoms with Crippen LogP contribution in [0.4, 0.5) is 0 Å². The molecule has 1 N–H and O–H groups in total. The Kier molecular flexibility index (Phi) is 8.71. The summed E-state index contributed by atoms with van der Waals surface area (Å²) in [5.74, 6) is 1.61. The highest BCUT2D eigenvalue weighted by atomic mass is 32.2. The highest BCUT2D eigenvalue weighted by molar-refractivity contribution is 7.88. The molecule has 0 aliphatic carbocycles. The number of aliphatic imine (C=N–C) groups is 1. The maximum atomic E-state index is 11.6. The van der Waals surface area contributed by atoms with Crippen LogP contribution in [0.3, 0.4) is 0 Å². The van der Waals surface area contributed by atoms with E-state index < -0.39 is 10.0 Å². The molecule has 25 heavy (non-hydrogen) atoms. The fraction of sp³-hybridized carbons (Fsp3) is 0.588. The lowest BCUT2D eigenvalue weighted by Gasteiger charge is -2.23. The third-order valence-electron chi connectivity index (χ3n) is 3.84. The molecule has 0 saturated carbocycles. The van der Waals surface area contributed by atoms with Gasteiger partial charge in [0.1, 0.15) is 5.75 Å². The van der Waals surface area contributed by atoms with Gasteiger partial charge in [0.25, 0.3) is 0 Å². The summed E-state index contributed by atoms with van der Waals surface area (Å²) in [4.78, 5) is 6.30.